The Morgan fingerprint density at radius 2 is 1.77 bits per heavy atom. The summed E-state index contributed by atoms with van der Waals surface area (Å²) in [6.45, 7) is 1.06. The summed E-state index contributed by atoms with van der Waals surface area (Å²) in [5.41, 5.74) is 6.32. The molecule has 3 aliphatic carbocycles. The third kappa shape index (κ3) is 4.77. The van der Waals surface area contributed by atoms with Gasteiger partial charge in [-0.3, -0.25) is 8.78 Å². The van der Waals surface area contributed by atoms with E-state index in [0.29, 0.717) is 47.9 Å². The molecule has 2 saturated carbocycles. The SMILES string of the molecule is CC1c2cc(C3CCC3)ccc2C(C#N)=C(c2ncc(CCC(CF)CF)cn2)CC1C1CCC1. The number of nitrogens with zero attached hydrogens (tertiary/aromatic N) is 3. The van der Waals surface area contributed by atoms with Crippen LogP contribution in [0.2, 0.25) is 0 Å². The Kier molecular flexibility index (Phi) is 7.27. The van der Waals surface area contributed by atoms with Gasteiger partial charge in [-0.15, -0.1) is 0 Å². The summed E-state index contributed by atoms with van der Waals surface area (Å²) >= 11 is 0. The molecule has 3 aliphatic rings. The zero-order chi connectivity index (χ0) is 24.4. The second-order valence-electron chi connectivity index (χ2n) is 10.9. The Morgan fingerprint density at radius 1 is 1.06 bits per heavy atom. The molecule has 2 atom stereocenters. The van der Waals surface area contributed by atoms with Crippen LogP contribution in [0.15, 0.2) is 30.6 Å². The van der Waals surface area contributed by atoms with Crippen LogP contribution in [0.25, 0.3) is 11.1 Å². The molecule has 5 rings (SSSR count). The van der Waals surface area contributed by atoms with E-state index >= 15 is 0 Å². The summed E-state index contributed by atoms with van der Waals surface area (Å²) in [6, 6.07) is 9.32. The molecular weight excluding hydrogens is 440 g/mol. The summed E-state index contributed by atoms with van der Waals surface area (Å²) < 4.78 is 25.7. The molecule has 0 radical (unpaired) electrons. The Labute approximate surface area is 207 Å². The molecule has 0 N–H and O–H groups in total. The Bertz CT molecular complexity index is 1110. The van der Waals surface area contributed by atoms with Gasteiger partial charge in [0.05, 0.1) is 18.9 Å². The number of fused-ring (bicyclic) bond motifs is 1. The van der Waals surface area contributed by atoms with Crippen molar-refractivity contribution in [2.75, 3.05) is 13.3 Å². The molecule has 1 aromatic heterocycles. The molecule has 184 valence electrons. The van der Waals surface area contributed by atoms with E-state index in [1.807, 2.05) is 0 Å². The van der Waals surface area contributed by atoms with E-state index in [9.17, 15) is 14.0 Å². The Balaban J connectivity index is 1.51. The van der Waals surface area contributed by atoms with E-state index in [0.717, 1.165) is 23.1 Å². The second kappa shape index (κ2) is 10.6. The van der Waals surface area contributed by atoms with Crippen LogP contribution >= 0.6 is 0 Å². The Morgan fingerprint density at radius 3 is 2.34 bits per heavy atom. The molecule has 2 fully saturated rings. The monoisotopic (exact) mass is 475 g/mol. The predicted molar refractivity (Wildman–Crippen MR) is 135 cm³/mol. The number of aryl methyl sites for hydroxylation is 1. The summed E-state index contributed by atoms with van der Waals surface area (Å²) in [5, 5.41) is 10.3. The zero-order valence-electron chi connectivity index (χ0n) is 20.6. The fourth-order valence-electron chi connectivity index (χ4n) is 6.07. The number of allylic oxidation sites excluding steroid dienone is 2. The average molecular weight is 476 g/mol. The van der Waals surface area contributed by atoms with E-state index in [4.69, 9.17) is 0 Å². The smallest absolute Gasteiger partial charge is 0.156 e. The topological polar surface area (TPSA) is 49.6 Å². The molecule has 2 unspecified atom stereocenters. The van der Waals surface area contributed by atoms with Crippen LogP contribution in [0.3, 0.4) is 0 Å². The molecule has 35 heavy (non-hydrogen) atoms. The molecule has 1 heterocycles. The average Bonchev–Trinajstić information content (AvgIpc) is 2.93. The van der Waals surface area contributed by atoms with Gasteiger partial charge >= 0.3 is 0 Å². The van der Waals surface area contributed by atoms with Gasteiger partial charge in [0, 0.05) is 23.9 Å². The lowest BCUT2D eigenvalue weighted by molar-refractivity contribution is 0.186. The van der Waals surface area contributed by atoms with Gasteiger partial charge in [-0.25, -0.2) is 9.97 Å². The number of benzene rings is 1. The van der Waals surface area contributed by atoms with Crippen molar-refractivity contribution in [1.29, 1.82) is 5.26 Å². The lowest BCUT2D eigenvalue weighted by Crippen LogP contribution is -2.26. The minimum Gasteiger partial charge on any atom is -0.251 e. The molecule has 1 aromatic carbocycles. The van der Waals surface area contributed by atoms with Gasteiger partial charge in [-0.1, -0.05) is 50.8 Å². The quantitative estimate of drug-likeness (QED) is 0.395. The molecule has 0 bridgehead atoms. The summed E-state index contributed by atoms with van der Waals surface area (Å²) in [7, 11) is 0. The first-order chi connectivity index (χ1) is 17.1. The van der Waals surface area contributed by atoms with Gasteiger partial charge in [0.15, 0.2) is 5.82 Å². The standard InChI is InChI=1S/C30H35F2N3/c1-19-26(23-6-3-7-23)13-28(30-34-17-21(18-35-30)9-8-20(14-31)15-32)29(16-33)25-11-10-24(12-27(19)25)22-4-2-5-22/h10-12,17-20,22-23,26H,2-9,13-15H2,1H3. The van der Waals surface area contributed by atoms with Crippen LogP contribution < -0.4 is 0 Å². The van der Waals surface area contributed by atoms with Gasteiger partial charge in [-0.05, 0) is 78.0 Å². The van der Waals surface area contributed by atoms with Crippen molar-refractivity contribution in [3.8, 4) is 6.07 Å². The van der Waals surface area contributed by atoms with Crippen LogP contribution in [0.5, 0.6) is 0 Å². The number of halogens is 2. The maximum Gasteiger partial charge on any atom is 0.156 e. The molecule has 0 spiro atoms. The maximum absolute atomic E-state index is 12.9. The summed E-state index contributed by atoms with van der Waals surface area (Å²) in [4.78, 5) is 9.34. The van der Waals surface area contributed by atoms with Crippen molar-refractivity contribution in [3.63, 3.8) is 0 Å². The highest BCUT2D eigenvalue weighted by Gasteiger charge is 2.37. The third-order valence-corrected chi connectivity index (χ3v) is 8.92. The van der Waals surface area contributed by atoms with Crippen molar-refractivity contribution in [2.24, 2.45) is 17.8 Å². The van der Waals surface area contributed by atoms with Crippen molar-refractivity contribution in [2.45, 2.75) is 76.5 Å². The van der Waals surface area contributed by atoms with E-state index in [-0.39, 0.29) is 0 Å². The molecule has 0 saturated heterocycles. The van der Waals surface area contributed by atoms with Gasteiger partial charge in [0.2, 0.25) is 0 Å². The minimum atomic E-state index is -0.642. The van der Waals surface area contributed by atoms with Gasteiger partial charge in [0.25, 0.3) is 0 Å². The lowest BCUT2D eigenvalue weighted by Gasteiger charge is -2.38. The van der Waals surface area contributed by atoms with Crippen LogP contribution in [-0.4, -0.2) is 23.3 Å². The third-order valence-electron chi connectivity index (χ3n) is 8.92. The van der Waals surface area contributed by atoms with Gasteiger partial charge in [-0.2, -0.15) is 5.26 Å². The second-order valence-corrected chi connectivity index (χ2v) is 10.9. The summed E-state index contributed by atoms with van der Waals surface area (Å²) in [5.74, 6) is 2.25. The molecule has 2 aromatic rings. The molecule has 3 nitrogen and oxygen atoms in total. The van der Waals surface area contributed by atoms with E-state index in [1.54, 1.807) is 12.4 Å². The van der Waals surface area contributed by atoms with Crippen LogP contribution in [0.1, 0.15) is 98.2 Å². The number of aromatic nitrogens is 2. The summed E-state index contributed by atoms with van der Waals surface area (Å²) in [6.07, 6.45) is 13.0. The van der Waals surface area contributed by atoms with E-state index < -0.39 is 19.3 Å². The highest BCUT2D eigenvalue weighted by Crippen LogP contribution is 2.50. The normalized spacial score (nSPS) is 22.8. The Hall–Kier alpha value is -2.61. The van der Waals surface area contributed by atoms with E-state index in [1.165, 1.54) is 49.7 Å². The van der Waals surface area contributed by atoms with Crippen molar-refractivity contribution in [3.05, 3.63) is 58.7 Å². The fraction of sp³-hybridized carbons (Fsp3) is 0.567. The number of hydrogen-bond donors (Lipinski definition) is 0. The number of alkyl halides is 2. The first-order valence-corrected chi connectivity index (χ1v) is 13.3. The van der Waals surface area contributed by atoms with Crippen LogP contribution in [-0.2, 0) is 6.42 Å². The highest BCUT2D eigenvalue weighted by molar-refractivity contribution is 5.97. The number of rotatable bonds is 8. The van der Waals surface area contributed by atoms with Crippen molar-refractivity contribution in [1.82, 2.24) is 9.97 Å². The van der Waals surface area contributed by atoms with Crippen LogP contribution in [0, 0.1) is 29.1 Å². The zero-order valence-corrected chi connectivity index (χ0v) is 20.6. The lowest BCUT2D eigenvalue weighted by atomic mass is 9.67. The highest BCUT2D eigenvalue weighted by atomic mass is 19.1. The molecule has 0 amide bonds. The first-order valence-electron chi connectivity index (χ1n) is 13.3. The maximum atomic E-state index is 12.9. The molecule has 5 heteroatoms. The molecule has 0 aliphatic heterocycles. The van der Waals surface area contributed by atoms with Gasteiger partial charge < -0.3 is 0 Å². The predicted octanol–water partition coefficient (Wildman–Crippen LogP) is 7.59. The minimum absolute atomic E-state index is 0.383. The number of hydrogen-bond acceptors (Lipinski definition) is 3. The van der Waals surface area contributed by atoms with Gasteiger partial charge in [0.1, 0.15) is 6.07 Å². The first kappa shape index (κ1) is 24.1. The fourth-order valence-corrected chi connectivity index (χ4v) is 6.07. The van der Waals surface area contributed by atoms with Crippen LogP contribution in [0.4, 0.5) is 8.78 Å². The van der Waals surface area contributed by atoms with E-state index in [2.05, 4.69) is 41.2 Å². The van der Waals surface area contributed by atoms with Crippen molar-refractivity contribution < 1.29 is 8.78 Å². The largest absolute Gasteiger partial charge is 0.251 e. The molecular formula is C30H35F2N3. The van der Waals surface area contributed by atoms with Crippen molar-refractivity contribution >= 4 is 11.1 Å². The number of nitriles is 1.